The minimum Gasteiger partial charge on any atom is -0.398 e. The molecule has 5 heteroatoms. The van der Waals surface area contributed by atoms with Crippen molar-refractivity contribution in [3.63, 3.8) is 0 Å². The summed E-state index contributed by atoms with van der Waals surface area (Å²) < 4.78 is 5.18. The first-order chi connectivity index (χ1) is 7.66. The fourth-order valence-corrected chi connectivity index (χ4v) is 1.77. The summed E-state index contributed by atoms with van der Waals surface area (Å²) in [6.45, 7) is 1.28. The first kappa shape index (κ1) is 11.2. The van der Waals surface area contributed by atoms with Crippen LogP contribution in [-0.4, -0.2) is 25.2 Å². The van der Waals surface area contributed by atoms with E-state index < -0.39 is 0 Å². The smallest absolute Gasteiger partial charge is 0.251 e. The maximum absolute atomic E-state index is 11.8. The van der Waals surface area contributed by atoms with E-state index in [2.05, 4.69) is 5.32 Å². The molecule has 4 nitrogen and oxygen atoms in total. The van der Waals surface area contributed by atoms with Crippen LogP contribution in [0.15, 0.2) is 18.2 Å². The molecule has 1 aliphatic heterocycles. The Morgan fingerprint density at radius 2 is 2.38 bits per heavy atom. The van der Waals surface area contributed by atoms with E-state index in [4.69, 9.17) is 22.1 Å². The van der Waals surface area contributed by atoms with Gasteiger partial charge in [-0.2, -0.15) is 0 Å². The number of halogens is 1. The summed E-state index contributed by atoms with van der Waals surface area (Å²) in [5.74, 6) is -0.141. The summed E-state index contributed by atoms with van der Waals surface area (Å²) in [5.41, 5.74) is 6.56. The molecule has 0 saturated carbocycles. The number of nitrogens with one attached hydrogen (secondary N) is 1. The molecule has 0 bridgehead atoms. The van der Waals surface area contributed by atoms with Crippen LogP contribution in [0.2, 0.25) is 5.02 Å². The summed E-state index contributed by atoms with van der Waals surface area (Å²) in [5, 5.41) is 3.28. The second-order valence-electron chi connectivity index (χ2n) is 3.77. The number of amides is 1. The molecule has 0 aromatic heterocycles. The molecule has 86 valence electrons. The second kappa shape index (κ2) is 4.72. The Kier molecular flexibility index (Phi) is 3.31. The molecule has 1 aromatic carbocycles. The number of ether oxygens (including phenoxy) is 1. The van der Waals surface area contributed by atoms with E-state index in [1.807, 2.05) is 0 Å². The predicted molar refractivity (Wildman–Crippen MR) is 62.6 cm³/mol. The molecule has 1 aromatic rings. The van der Waals surface area contributed by atoms with Crippen molar-refractivity contribution in [1.82, 2.24) is 5.32 Å². The van der Waals surface area contributed by atoms with Crippen molar-refractivity contribution >= 4 is 23.2 Å². The maximum Gasteiger partial charge on any atom is 0.251 e. The van der Waals surface area contributed by atoms with Gasteiger partial charge >= 0.3 is 0 Å². The summed E-state index contributed by atoms with van der Waals surface area (Å²) in [6.07, 6.45) is 0.856. The Morgan fingerprint density at radius 3 is 3.00 bits per heavy atom. The van der Waals surface area contributed by atoms with Gasteiger partial charge in [0.25, 0.3) is 5.91 Å². The normalized spacial score (nSPS) is 19.7. The van der Waals surface area contributed by atoms with Crippen LogP contribution >= 0.6 is 11.6 Å². The molecule has 1 unspecified atom stereocenters. The lowest BCUT2D eigenvalue weighted by molar-refractivity contribution is 0.0930. The number of carbonyl (C=O) groups excluding carboxylic acids is 1. The van der Waals surface area contributed by atoms with E-state index >= 15 is 0 Å². The lowest BCUT2D eigenvalue weighted by atomic mass is 10.1. The molecular weight excluding hydrogens is 228 g/mol. The van der Waals surface area contributed by atoms with E-state index in [0.717, 1.165) is 6.42 Å². The molecule has 1 fully saturated rings. The zero-order valence-corrected chi connectivity index (χ0v) is 9.46. The first-order valence-corrected chi connectivity index (χ1v) is 5.48. The van der Waals surface area contributed by atoms with E-state index in [1.165, 1.54) is 0 Å². The van der Waals surface area contributed by atoms with E-state index in [1.54, 1.807) is 18.2 Å². The van der Waals surface area contributed by atoms with Crippen LogP contribution in [-0.2, 0) is 4.74 Å². The van der Waals surface area contributed by atoms with Crippen molar-refractivity contribution in [2.45, 2.75) is 12.5 Å². The number of anilines is 1. The van der Waals surface area contributed by atoms with Crippen LogP contribution in [0, 0.1) is 0 Å². The number of nitrogen functional groups attached to an aromatic ring is 1. The average Bonchev–Trinajstić information content (AvgIpc) is 2.74. The van der Waals surface area contributed by atoms with Crippen LogP contribution in [0.5, 0.6) is 0 Å². The molecular formula is C11H13ClN2O2. The standard InChI is InChI=1S/C11H13ClN2O2/c12-9-5-7(1-2-10(9)13)11(15)14-8-3-4-16-6-8/h1-2,5,8H,3-4,6,13H2,(H,14,15). The quantitative estimate of drug-likeness (QED) is 0.769. The Bertz CT molecular complexity index is 403. The molecule has 16 heavy (non-hydrogen) atoms. The van der Waals surface area contributed by atoms with Gasteiger partial charge < -0.3 is 15.8 Å². The fraction of sp³-hybridized carbons (Fsp3) is 0.364. The minimum absolute atomic E-state index is 0.101. The number of carbonyl (C=O) groups is 1. The highest BCUT2D eigenvalue weighted by atomic mass is 35.5. The zero-order chi connectivity index (χ0) is 11.5. The number of nitrogens with two attached hydrogens (primary N) is 1. The van der Waals surface area contributed by atoms with Crippen LogP contribution in [0.1, 0.15) is 16.8 Å². The third-order valence-corrected chi connectivity index (χ3v) is 2.85. The van der Waals surface area contributed by atoms with Crippen molar-refractivity contribution in [1.29, 1.82) is 0 Å². The maximum atomic E-state index is 11.8. The fourth-order valence-electron chi connectivity index (χ4n) is 1.59. The summed E-state index contributed by atoms with van der Waals surface area (Å²) in [4.78, 5) is 11.8. The third kappa shape index (κ3) is 2.46. The average molecular weight is 241 g/mol. The van der Waals surface area contributed by atoms with Gasteiger partial charge in [-0.3, -0.25) is 4.79 Å². The van der Waals surface area contributed by atoms with Crippen molar-refractivity contribution < 1.29 is 9.53 Å². The van der Waals surface area contributed by atoms with Crippen molar-refractivity contribution in [3.8, 4) is 0 Å². The van der Waals surface area contributed by atoms with Crippen molar-refractivity contribution in [2.24, 2.45) is 0 Å². The molecule has 1 atom stereocenters. The van der Waals surface area contributed by atoms with Crippen LogP contribution in [0.4, 0.5) is 5.69 Å². The Balaban J connectivity index is 2.05. The van der Waals surface area contributed by atoms with Gasteiger partial charge in [0.05, 0.1) is 23.4 Å². The lowest BCUT2D eigenvalue weighted by Crippen LogP contribution is -2.34. The zero-order valence-electron chi connectivity index (χ0n) is 8.70. The molecule has 2 rings (SSSR count). The van der Waals surface area contributed by atoms with Crippen LogP contribution in [0.25, 0.3) is 0 Å². The highest BCUT2D eigenvalue weighted by molar-refractivity contribution is 6.33. The lowest BCUT2D eigenvalue weighted by Gasteiger charge is -2.11. The number of rotatable bonds is 2. The molecule has 0 spiro atoms. The van der Waals surface area contributed by atoms with Gasteiger partial charge in [0.1, 0.15) is 0 Å². The molecule has 3 N–H and O–H groups in total. The van der Waals surface area contributed by atoms with Crippen LogP contribution in [0.3, 0.4) is 0 Å². The van der Waals surface area contributed by atoms with Crippen molar-refractivity contribution in [3.05, 3.63) is 28.8 Å². The molecule has 1 heterocycles. The van der Waals surface area contributed by atoms with Gasteiger partial charge in [-0.05, 0) is 24.6 Å². The molecule has 0 aliphatic carbocycles. The molecule has 1 amide bonds. The summed E-state index contributed by atoms with van der Waals surface area (Å²) in [6, 6.07) is 4.96. The van der Waals surface area contributed by atoms with Crippen molar-refractivity contribution in [2.75, 3.05) is 18.9 Å². The van der Waals surface area contributed by atoms with Crippen LogP contribution < -0.4 is 11.1 Å². The summed E-state index contributed by atoms with van der Waals surface area (Å²) in [7, 11) is 0. The number of hydrogen-bond acceptors (Lipinski definition) is 3. The number of hydrogen-bond donors (Lipinski definition) is 2. The van der Waals surface area contributed by atoms with E-state index in [0.29, 0.717) is 29.5 Å². The van der Waals surface area contributed by atoms with Gasteiger partial charge in [0.2, 0.25) is 0 Å². The Labute approximate surface area is 98.7 Å². The first-order valence-electron chi connectivity index (χ1n) is 5.10. The number of benzene rings is 1. The Morgan fingerprint density at radius 1 is 1.56 bits per heavy atom. The summed E-state index contributed by atoms with van der Waals surface area (Å²) >= 11 is 5.84. The highest BCUT2D eigenvalue weighted by Gasteiger charge is 2.18. The van der Waals surface area contributed by atoms with E-state index in [-0.39, 0.29) is 11.9 Å². The van der Waals surface area contributed by atoms with E-state index in [9.17, 15) is 4.79 Å². The van der Waals surface area contributed by atoms with Gasteiger partial charge in [0.15, 0.2) is 0 Å². The Hall–Kier alpha value is -1.26. The SMILES string of the molecule is Nc1ccc(C(=O)NC2CCOC2)cc1Cl. The topological polar surface area (TPSA) is 64.4 Å². The van der Waals surface area contributed by atoms with Gasteiger partial charge in [-0.1, -0.05) is 11.6 Å². The second-order valence-corrected chi connectivity index (χ2v) is 4.18. The molecule has 1 aliphatic rings. The predicted octanol–water partition coefficient (Wildman–Crippen LogP) is 1.44. The minimum atomic E-state index is -0.141. The molecule has 0 radical (unpaired) electrons. The van der Waals surface area contributed by atoms with Gasteiger partial charge in [-0.25, -0.2) is 0 Å². The largest absolute Gasteiger partial charge is 0.398 e. The monoisotopic (exact) mass is 240 g/mol. The van der Waals surface area contributed by atoms with Gasteiger partial charge in [-0.15, -0.1) is 0 Å². The third-order valence-electron chi connectivity index (χ3n) is 2.53. The molecule has 1 saturated heterocycles. The van der Waals surface area contributed by atoms with Gasteiger partial charge in [0, 0.05) is 12.2 Å². The highest BCUT2D eigenvalue weighted by Crippen LogP contribution is 2.19.